The summed E-state index contributed by atoms with van der Waals surface area (Å²) in [5.74, 6) is 0.326. The van der Waals surface area contributed by atoms with Crippen LogP contribution in [0, 0.1) is 5.82 Å². The van der Waals surface area contributed by atoms with Gasteiger partial charge in [0, 0.05) is 47.2 Å². The number of benzene rings is 2. The molecule has 0 saturated carbocycles. The van der Waals surface area contributed by atoms with E-state index in [9.17, 15) is 9.18 Å². The van der Waals surface area contributed by atoms with Crippen LogP contribution in [0.1, 0.15) is 34.1 Å². The minimum atomic E-state index is -0.321. The number of carbonyl (C=O) groups is 1. The number of nitrogens with zero attached hydrogens (tertiary/aromatic N) is 3. The largest absolute Gasteiger partial charge is 0.489 e. The van der Waals surface area contributed by atoms with Crippen molar-refractivity contribution >= 4 is 27.3 Å². The summed E-state index contributed by atoms with van der Waals surface area (Å²) >= 11 is 1.35. The van der Waals surface area contributed by atoms with Crippen LogP contribution in [0.2, 0.25) is 0 Å². The van der Waals surface area contributed by atoms with Crippen molar-refractivity contribution in [2.75, 3.05) is 13.1 Å². The predicted octanol–water partition coefficient (Wildman–Crippen LogP) is 5.29. The number of para-hydroxylation sites is 1. The van der Waals surface area contributed by atoms with Gasteiger partial charge in [0.25, 0.3) is 5.91 Å². The Bertz CT molecular complexity index is 1180. The SMILES string of the molecule is O=C(c1sc2cccc(F)c2c1COc1ccccc1)N1CCC(n2ccnc2)CC1. The van der Waals surface area contributed by atoms with Crippen molar-refractivity contribution in [3.63, 3.8) is 0 Å². The molecule has 4 aromatic rings. The summed E-state index contributed by atoms with van der Waals surface area (Å²) in [7, 11) is 0. The minimum absolute atomic E-state index is 0.0451. The molecule has 7 heteroatoms. The average Bonchev–Trinajstić information content (AvgIpc) is 3.47. The van der Waals surface area contributed by atoms with Crippen molar-refractivity contribution in [1.29, 1.82) is 0 Å². The number of rotatable bonds is 5. The molecule has 1 aliphatic heterocycles. The van der Waals surface area contributed by atoms with Gasteiger partial charge in [0.2, 0.25) is 0 Å². The third-order valence-electron chi connectivity index (χ3n) is 5.78. The summed E-state index contributed by atoms with van der Waals surface area (Å²) in [6.07, 6.45) is 7.32. The van der Waals surface area contributed by atoms with E-state index in [-0.39, 0.29) is 18.3 Å². The van der Waals surface area contributed by atoms with Crippen LogP contribution in [-0.4, -0.2) is 33.4 Å². The van der Waals surface area contributed by atoms with Gasteiger partial charge >= 0.3 is 0 Å². The average molecular weight is 436 g/mol. The normalized spacial score (nSPS) is 14.8. The monoisotopic (exact) mass is 435 g/mol. The molecule has 0 N–H and O–H groups in total. The molecule has 0 radical (unpaired) electrons. The molecule has 1 amide bonds. The summed E-state index contributed by atoms with van der Waals surface area (Å²) in [6.45, 7) is 1.48. The fraction of sp³-hybridized carbons (Fsp3) is 0.250. The Labute approximate surface area is 183 Å². The number of halogens is 1. The summed E-state index contributed by atoms with van der Waals surface area (Å²) < 4.78 is 23.5. The van der Waals surface area contributed by atoms with Crippen molar-refractivity contribution in [3.8, 4) is 5.75 Å². The lowest BCUT2D eigenvalue weighted by atomic mass is 10.0. The number of fused-ring (bicyclic) bond motifs is 1. The first-order chi connectivity index (χ1) is 15.2. The molecule has 5 rings (SSSR count). The Morgan fingerprint density at radius 1 is 1.13 bits per heavy atom. The minimum Gasteiger partial charge on any atom is -0.489 e. The van der Waals surface area contributed by atoms with E-state index in [0.717, 1.165) is 17.5 Å². The second kappa shape index (κ2) is 8.51. The number of thiophene rings is 1. The van der Waals surface area contributed by atoms with Crippen molar-refractivity contribution in [3.05, 3.63) is 83.5 Å². The van der Waals surface area contributed by atoms with Gasteiger partial charge in [-0.3, -0.25) is 4.79 Å². The lowest BCUT2D eigenvalue weighted by Crippen LogP contribution is -2.39. The van der Waals surface area contributed by atoms with Crippen molar-refractivity contribution in [2.45, 2.75) is 25.5 Å². The number of hydrogen-bond donors (Lipinski definition) is 0. The zero-order chi connectivity index (χ0) is 21.2. The highest BCUT2D eigenvalue weighted by Gasteiger charge is 2.28. The van der Waals surface area contributed by atoms with E-state index in [4.69, 9.17) is 4.74 Å². The summed E-state index contributed by atoms with van der Waals surface area (Å²) in [5.41, 5.74) is 0.628. The maximum Gasteiger partial charge on any atom is 0.264 e. The third-order valence-corrected chi connectivity index (χ3v) is 6.97. The first kappa shape index (κ1) is 19.8. The number of imidazole rings is 1. The molecule has 0 bridgehead atoms. The van der Waals surface area contributed by atoms with Gasteiger partial charge in [-0.05, 0) is 37.1 Å². The molecule has 0 spiro atoms. The van der Waals surface area contributed by atoms with Gasteiger partial charge in [-0.1, -0.05) is 24.3 Å². The number of aromatic nitrogens is 2. The van der Waals surface area contributed by atoms with Crippen molar-refractivity contribution in [2.24, 2.45) is 0 Å². The number of likely N-dealkylation sites (tertiary alicyclic amines) is 1. The molecule has 0 aliphatic carbocycles. The zero-order valence-corrected chi connectivity index (χ0v) is 17.7. The predicted molar refractivity (Wildman–Crippen MR) is 119 cm³/mol. The maximum atomic E-state index is 14.7. The molecule has 5 nitrogen and oxygen atoms in total. The van der Waals surface area contributed by atoms with E-state index < -0.39 is 0 Å². The highest BCUT2D eigenvalue weighted by atomic mass is 32.1. The molecule has 1 aliphatic rings. The van der Waals surface area contributed by atoms with E-state index in [0.29, 0.717) is 40.7 Å². The van der Waals surface area contributed by atoms with Gasteiger partial charge in [-0.15, -0.1) is 11.3 Å². The smallest absolute Gasteiger partial charge is 0.264 e. The molecule has 2 aromatic heterocycles. The molecule has 2 aromatic carbocycles. The Hall–Kier alpha value is -3.19. The highest BCUT2D eigenvalue weighted by molar-refractivity contribution is 7.21. The molecule has 1 saturated heterocycles. The molecule has 3 heterocycles. The lowest BCUT2D eigenvalue weighted by Gasteiger charge is -2.32. The molecule has 0 atom stereocenters. The highest BCUT2D eigenvalue weighted by Crippen LogP contribution is 2.36. The van der Waals surface area contributed by atoms with Crippen LogP contribution < -0.4 is 4.74 Å². The first-order valence-electron chi connectivity index (χ1n) is 10.3. The van der Waals surface area contributed by atoms with E-state index in [1.165, 1.54) is 17.4 Å². The topological polar surface area (TPSA) is 47.4 Å². The fourth-order valence-corrected chi connectivity index (χ4v) is 5.34. The second-order valence-corrected chi connectivity index (χ2v) is 8.71. The number of carbonyl (C=O) groups excluding carboxylic acids is 1. The molecule has 158 valence electrons. The molecular weight excluding hydrogens is 413 g/mol. The van der Waals surface area contributed by atoms with Crippen LogP contribution in [0.25, 0.3) is 10.1 Å². The number of hydrogen-bond acceptors (Lipinski definition) is 4. The van der Waals surface area contributed by atoms with Gasteiger partial charge in [0.1, 0.15) is 18.2 Å². The van der Waals surface area contributed by atoms with Gasteiger partial charge in [0.15, 0.2) is 0 Å². The molecule has 0 unspecified atom stereocenters. The molecular formula is C24H22FN3O2S. The van der Waals surface area contributed by atoms with Crippen LogP contribution >= 0.6 is 11.3 Å². The summed E-state index contributed by atoms with van der Waals surface area (Å²) in [4.78, 5) is 20.0. The van der Waals surface area contributed by atoms with E-state index >= 15 is 0 Å². The Morgan fingerprint density at radius 3 is 2.68 bits per heavy atom. The summed E-state index contributed by atoms with van der Waals surface area (Å²) in [5, 5.41) is 0.486. The quantitative estimate of drug-likeness (QED) is 0.428. The number of piperidine rings is 1. The zero-order valence-electron chi connectivity index (χ0n) is 16.9. The van der Waals surface area contributed by atoms with Crippen molar-refractivity contribution < 1.29 is 13.9 Å². The maximum absolute atomic E-state index is 14.7. The fourth-order valence-electron chi connectivity index (χ4n) is 4.15. The first-order valence-corrected chi connectivity index (χ1v) is 11.2. The van der Waals surface area contributed by atoms with Crippen LogP contribution in [0.3, 0.4) is 0 Å². The van der Waals surface area contributed by atoms with E-state index in [2.05, 4.69) is 9.55 Å². The number of amides is 1. The molecule has 1 fully saturated rings. The third kappa shape index (κ3) is 3.93. The van der Waals surface area contributed by atoms with Crippen LogP contribution in [0.5, 0.6) is 5.75 Å². The molecule has 31 heavy (non-hydrogen) atoms. The Balaban J connectivity index is 1.41. The van der Waals surface area contributed by atoms with Crippen molar-refractivity contribution in [1.82, 2.24) is 14.5 Å². The Morgan fingerprint density at radius 2 is 1.94 bits per heavy atom. The van der Waals surface area contributed by atoms with Crippen LogP contribution in [0.15, 0.2) is 67.3 Å². The van der Waals surface area contributed by atoms with Crippen LogP contribution in [-0.2, 0) is 6.61 Å². The van der Waals surface area contributed by atoms with Gasteiger partial charge < -0.3 is 14.2 Å². The lowest BCUT2D eigenvalue weighted by molar-refractivity contribution is 0.0697. The van der Waals surface area contributed by atoms with E-state index in [1.54, 1.807) is 12.3 Å². The van der Waals surface area contributed by atoms with E-state index in [1.807, 2.05) is 53.8 Å². The standard InChI is InChI=1S/C24H22FN3O2S/c25-20-7-4-8-21-22(20)19(15-30-18-5-2-1-3-6-18)23(31-21)24(29)27-12-9-17(10-13-27)28-14-11-26-16-28/h1-8,11,14,16-17H,9-10,12-13,15H2. The Kier molecular flexibility index (Phi) is 5.42. The number of ether oxygens (including phenoxy) is 1. The van der Waals surface area contributed by atoms with Crippen LogP contribution in [0.4, 0.5) is 4.39 Å². The van der Waals surface area contributed by atoms with Gasteiger partial charge in [0.05, 0.1) is 11.2 Å². The van der Waals surface area contributed by atoms with Gasteiger partial charge in [-0.25, -0.2) is 9.37 Å². The second-order valence-electron chi connectivity index (χ2n) is 7.66. The summed E-state index contributed by atoms with van der Waals surface area (Å²) in [6, 6.07) is 14.7. The van der Waals surface area contributed by atoms with Gasteiger partial charge in [-0.2, -0.15) is 0 Å².